The predicted molar refractivity (Wildman–Crippen MR) is 80.2 cm³/mol. The van der Waals surface area contributed by atoms with Crippen molar-refractivity contribution in [3.63, 3.8) is 0 Å². The lowest BCUT2D eigenvalue weighted by Crippen LogP contribution is -2.41. The first-order valence-corrected chi connectivity index (χ1v) is 7.40. The van der Waals surface area contributed by atoms with E-state index in [9.17, 15) is 4.79 Å². The van der Waals surface area contributed by atoms with E-state index in [2.05, 4.69) is 10.2 Å². The van der Waals surface area contributed by atoms with Gasteiger partial charge in [-0.1, -0.05) is 23.7 Å². The Morgan fingerprint density at radius 1 is 1.40 bits per heavy atom. The minimum absolute atomic E-state index is 0.164. The molecular weight excluding hydrogens is 276 g/mol. The molecule has 110 valence electrons. The monoisotopic (exact) mass is 296 g/mol. The fraction of sp³-hybridized carbons (Fsp3) is 0.533. The van der Waals surface area contributed by atoms with Crippen LogP contribution in [-0.2, 0) is 4.79 Å². The number of carbonyl (C=O) groups is 1. The van der Waals surface area contributed by atoms with Crippen molar-refractivity contribution >= 4 is 17.5 Å². The Kier molecular flexibility index (Phi) is 5.68. The maximum absolute atomic E-state index is 11.5. The van der Waals surface area contributed by atoms with Crippen molar-refractivity contribution in [2.75, 3.05) is 33.3 Å². The van der Waals surface area contributed by atoms with Crippen LogP contribution in [0.25, 0.3) is 0 Å². The molecule has 1 amide bonds. The first-order valence-electron chi connectivity index (χ1n) is 7.02. The lowest BCUT2D eigenvalue weighted by atomic mass is 9.96. The third-order valence-electron chi connectivity index (χ3n) is 3.71. The van der Waals surface area contributed by atoms with Crippen molar-refractivity contribution in [2.24, 2.45) is 5.92 Å². The fourth-order valence-electron chi connectivity index (χ4n) is 2.47. The molecule has 2 rings (SSSR count). The standard InChI is InChI=1S/C15H21ClN2O2/c1-17-15(19)12-6-8-18(9-7-12)10-11-20-14-5-3-2-4-13(14)16/h2-5,12H,6-11H2,1H3,(H,17,19). The van der Waals surface area contributed by atoms with Crippen LogP contribution in [0.1, 0.15) is 12.8 Å². The summed E-state index contributed by atoms with van der Waals surface area (Å²) in [5.74, 6) is 1.06. The molecule has 0 atom stereocenters. The van der Waals surface area contributed by atoms with E-state index in [0.29, 0.717) is 11.6 Å². The Morgan fingerprint density at radius 2 is 2.10 bits per heavy atom. The van der Waals surface area contributed by atoms with Crippen molar-refractivity contribution in [2.45, 2.75) is 12.8 Å². The van der Waals surface area contributed by atoms with Gasteiger partial charge in [0.15, 0.2) is 0 Å². The number of halogens is 1. The zero-order valence-electron chi connectivity index (χ0n) is 11.8. The summed E-state index contributed by atoms with van der Waals surface area (Å²) in [6.07, 6.45) is 1.84. The van der Waals surface area contributed by atoms with Crippen molar-refractivity contribution in [3.05, 3.63) is 29.3 Å². The highest BCUT2D eigenvalue weighted by Gasteiger charge is 2.23. The number of carbonyl (C=O) groups excluding carboxylic acids is 1. The van der Waals surface area contributed by atoms with Crippen molar-refractivity contribution in [1.29, 1.82) is 0 Å². The molecule has 1 saturated heterocycles. The second kappa shape index (κ2) is 7.50. The van der Waals surface area contributed by atoms with Gasteiger partial charge in [0.25, 0.3) is 0 Å². The highest BCUT2D eigenvalue weighted by Crippen LogP contribution is 2.23. The van der Waals surface area contributed by atoms with Gasteiger partial charge in [0, 0.05) is 19.5 Å². The highest BCUT2D eigenvalue weighted by molar-refractivity contribution is 6.32. The third kappa shape index (κ3) is 4.12. The normalized spacial score (nSPS) is 16.9. The summed E-state index contributed by atoms with van der Waals surface area (Å²) in [5.41, 5.74) is 0. The van der Waals surface area contributed by atoms with Crippen LogP contribution in [-0.4, -0.2) is 44.1 Å². The number of ether oxygens (including phenoxy) is 1. The smallest absolute Gasteiger partial charge is 0.222 e. The van der Waals surface area contributed by atoms with Crippen LogP contribution in [0.3, 0.4) is 0 Å². The average Bonchev–Trinajstić information content (AvgIpc) is 2.49. The van der Waals surface area contributed by atoms with E-state index < -0.39 is 0 Å². The number of hydrogen-bond donors (Lipinski definition) is 1. The molecule has 1 aliphatic heterocycles. The zero-order chi connectivity index (χ0) is 14.4. The van der Waals surface area contributed by atoms with Gasteiger partial charge in [0.1, 0.15) is 12.4 Å². The van der Waals surface area contributed by atoms with Crippen LogP contribution >= 0.6 is 11.6 Å². The lowest BCUT2D eigenvalue weighted by molar-refractivity contribution is -0.125. The van der Waals surface area contributed by atoms with Crippen LogP contribution in [0.15, 0.2) is 24.3 Å². The van der Waals surface area contributed by atoms with Gasteiger partial charge in [0.05, 0.1) is 5.02 Å². The highest BCUT2D eigenvalue weighted by atomic mass is 35.5. The molecule has 0 spiro atoms. The lowest BCUT2D eigenvalue weighted by Gasteiger charge is -2.30. The number of hydrogen-bond acceptors (Lipinski definition) is 3. The molecule has 1 N–H and O–H groups in total. The molecule has 0 saturated carbocycles. The van der Waals surface area contributed by atoms with Gasteiger partial charge in [-0.15, -0.1) is 0 Å². The first kappa shape index (κ1) is 15.1. The summed E-state index contributed by atoms with van der Waals surface area (Å²) in [7, 11) is 1.70. The van der Waals surface area contributed by atoms with Gasteiger partial charge in [-0.05, 0) is 38.1 Å². The summed E-state index contributed by atoms with van der Waals surface area (Å²) >= 11 is 6.03. The number of piperidine rings is 1. The molecule has 1 fully saturated rings. The molecule has 0 bridgehead atoms. The molecule has 0 radical (unpaired) electrons. The van der Waals surface area contributed by atoms with E-state index in [1.54, 1.807) is 7.05 Å². The number of rotatable bonds is 5. The third-order valence-corrected chi connectivity index (χ3v) is 4.02. The Hall–Kier alpha value is -1.26. The van der Waals surface area contributed by atoms with Crippen LogP contribution in [0.2, 0.25) is 5.02 Å². The number of benzene rings is 1. The van der Waals surface area contributed by atoms with Crippen molar-refractivity contribution in [1.82, 2.24) is 10.2 Å². The molecule has 1 aromatic carbocycles. The van der Waals surface area contributed by atoms with Crippen molar-refractivity contribution < 1.29 is 9.53 Å². The fourth-order valence-corrected chi connectivity index (χ4v) is 2.66. The SMILES string of the molecule is CNC(=O)C1CCN(CCOc2ccccc2Cl)CC1. The summed E-state index contributed by atoms with van der Waals surface area (Å²) in [5, 5.41) is 3.37. The van der Waals surface area contributed by atoms with E-state index in [1.165, 1.54) is 0 Å². The van der Waals surface area contributed by atoms with Crippen molar-refractivity contribution in [3.8, 4) is 5.75 Å². The molecule has 1 heterocycles. The van der Waals surface area contributed by atoms with E-state index >= 15 is 0 Å². The Morgan fingerprint density at radius 3 is 2.75 bits per heavy atom. The molecule has 4 nitrogen and oxygen atoms in total. The Balaban J connectivity index is 1.69. The van der Waals surface area contributed by atoms with Gasteiger partial charge < -0.3 is 10.1 Å². The second-order valence-corrected chi connectivity index (χ2v) is 5.42. The van der Waals surface area contributed by atoms with Crippen LogP contribution in [0.4, 0.5) is 0 Å². The topological polar surface area (TPSA) is 41.6 Å². The molecular formula is C15H21ClN2O2. The summed E-state index contributed by atoms with van der Waals surface area (Å²) in [4.78, 5) is 13.9. The minimum Gasteiger partial charge on any atom is -0.491 e. The number of nitrogens with zero attached hydrogens (tertiary/aromatic N) is 1. The van der Waals surface area contributed by atoms with Gasteiger partial charge in [-0.25, -0.2) is 0 Å². The first-order chi connectivity index (χ1) is 9.70. The number of nitrogens with one attached hydrogen (secondary N) is 1. The summed E-state index contributed by atoms with van der Waals surface area (Å²) in [6, 6.07) is 7.50. The molecule has 1 aromatic rings. The van der Waals surface area contributed by atoms with Crippen LogP contribution < -0.4 is 10.1 Å². The molecule has 5 heteroatoms. The van der Waals surface area contributed by atoms with E-state index in [0.717, 1.165) is 38.2 Å². The van der Waals surface area contributed by atoms with Gasteiger partial charge in [-0.2, -0.15) is 0 Å². The van der Waals surface area contributed by atoms with E-state index in [4.69, 9.17) is 16.3 Å². The Bertz CT molecular complexity index is 445. The largest absolute Gasteiger partial charge is 0.491 e. The van der Waals surface area contributed by atoms with Gasteiger partial charge in [0.2, 0.25) is 5.91 Å². The van der Waals surface area contributed by atoms with Crippen LogP contribution in [0, 0.1) is 5.92 Å². The maximum atomic E-state index is 11.5. The zero-order valence-corrected chi connectivity index (χ0v) is 12.5. The van der Waals surface area contributed by atoms with Gasteiger partial charge in [-0.3, -0.25) is 9.69 Å². The van der Waals surface area contributed by atoms with Crippen LogP contribution in [0.5, 0.6) is 5.75 Å². The number of para-hydroxylation sites is 1. The molecule has 1 aliphatic rings. The van der Waals surface area contributed by atoms with Gasteiger partial charge >= 0.3 is 0 Å². The molecule has 20 heavy (non-hydrogen) atoms. The molecule has 0 aromatic heterocycles. The molecule has 0 aliphatic carbocycles. The molecule has 0 unspecified atom stereocenters. The van der Waals surface area contributed by atoms with E-state index in [1.807, 2.05) is 24.3 Å². The minimum atomic E-state index is 0.164. The number of amides is 1. The Labute approximate surface area is 125 Å². The summed E-state index contributed by atoms with van der Waals surface area (Å²) in [6.45, 7) is 3.38. The summed E-state index contributed by atoms with van der Waals surface area (Å²) < 4.78 is 5.68. The number of likely N-dealkylation sites (tertiary alicyclic amines) is 1. The average molecular weight is 297 g/mol. The maximum Gasteiger partial charge on any atom is 0.222 e. The predicted octanol–water partition coefficient (Wildman–Crippen LogP) is 2.18. The quantitative estimate of drug-likeness (QED) is 0.905. The second-order valence-electron chi connectivity index (χ2n) is 5.01. The van der Waals surface area contributed by atoms with E-state index in [-0.39, 0.29) is 11.8 Å².